The van der Waals surface area contributed by atoms with E-state index in [9.17, 15) is 4.79 Å². The van der Waals surface area contributed by atoms with Crippen molar-refractivity contribution in [1.29, 1.82) is 0 Å². The average molecular weight is 501 g/mol. The molecule has 1 aliphatic rings. The van der Waals surface area contributed by atoms with E-state index >= 15 is 0 Å². The fourth-order valence-corrected chi connectivity index (χ4v) is 4.31. The van der Waals surface area contributed by atoms with E-state index in [2.05, 4.69) is 30.7 Å². The Morgan fingerprint density at radius 1 is 1.11 bits per heavy atom. The second-order valence-corrected chi connectivity index (χ2v) is 8.71. The maximum atomic E-state index is 12.5. The monoisotopic (exact) mass is 500 g/mol. The summed E-state index contributed by atoms with van der Waals surface area (Å²) in [6.07, 6.45) is 1.86. The Bertz CT molecular complexity index is 1640. The van der Waals surface area contributed by atoms with Gasteiger partial charge in [0.05, 0.1) is 50.2 Å². The van der Waals surface area contributed by atoms with Crippen LogP contribution >= 0.6 is 0 Å². The molecule has 2 aromatic carbocycles. The fourth-order valence-electron chi connectivity index (χ4n) is 4.31. The highest BCUT2D eigenvalue weighted by molar-refractivity contribution is 6.00. The summed E-state index contributed by atoms with van der Waals surface area (Å²) < 4.78 is 21.7. The normalized spacial score (nSPS) is 13.5. The van der Waals surface area contributed by atoms with Gasteiger partial charge in [-0.05, 0) is 42.8 Å². The van der Waals surface area contributed by atoms with Crippen LogP contribution in [0.1, 0.15) is 16.1 Å². The second kappa shape index (κ2) is 9.10. The van der Waals surface area contributed by atoms with Gasteiger partial charge in [0.15, 0.2) is 5.58 Å². The number of nitrogens with one attached hydrogen (secondary N) is 3. The summed E-state index contributed by atoms with van der Waals surface area (Å²) in [5, 5.41) is 11.8. The summed E-state index contributed by atoms with van der Waals surface area (Å²) in [5.74, 6) is 0.995. The van der Waals surface area contributed by atoms with Gasteiger partial charge in [-0.25, -0.2) is 0 Å². The first kappa shape index (κ1) is 22.8. The van der Waals surface area contributed by atoms with E-state index in [0.717, 1.165) is 27.6 Å². The van der Waals surface area contributed by atoms with Crippen molar-refractivity contribution in [2.75, 3.05) is 32.8 Å². The maximum Gasteiger partial charge on any atom is 0.251 e. The molecule has 0 unspecified atom stereocenters. The summed E-state index contributed by atoms with van der Waals surface area (Å²) in [6.45, 7) is 2.96. The number of carbonyl (C=O) groups is 1. The van der Waals surface area contributed by atoms with E-state index in [-0.39, 0.29) is 11.9 Å². The summed E-state index contributed by atoms with van der Waals surface area (Å²) in [7, 11) is 3.10. The molecule has 3 N–H and O–H groups in total. The number of anilines is 2. The van der Waals surface area contributed by atoms with Gasteiger partial charge in [0.1, 0.15) is 11.4 Å². The first-order valence-corrected chi connectivity index (χ1v) is 11.7. The molecule has 1 saturated heterocycles. The summed E-state index contributed by atoms with van der Waals surface area (Å²) >= 11 is 0. The third-order valence-corrected chi connectivity index (χ3v) is 6.34. The first-order valence-electron chi connectivity index (χ1n) is 11.7. The van der Waals surface area contributed by atoms with E-state index in [1.807, 2.05) is 31.3 Å². The lowest BCUT2D eigenvalue weighted by atomic mass is 10.0. The van der Waals surface area contributed by atoms with E-state index < -0.39 is 0 Å². The summed E-state index contributed by atoms with van der Waals surface area (Å²) in [5.41, 5.74) is 5.01. The molecule has 0 bridgehead atoms. The van der Waals surface area contributed by atoms with Crippen LogP contribution in [0.4, 0.5) is 11.6 Å². The van der Waals surface area contributed by atoms with Crippen molar-refractivity contribution >= 4 is 39.5 Å². The molecular formula is C26H24N6O5. The Hall–Kier alpha value is -4.64. The van der Waals surface area contributed by atoms with Crippen LogP contribution in [0.15, 0.2) is 47.1 Å². The number of fused-ring (bicyclic) bond motifs is 2. The van der Waals surface area contributed by atoms with Gasteiger partial charge in [-0.1, -0.05) is 11.2 Å². The molecule has 3 aromatic heterocycles. The van der Waals surface area contributed by atoms with Crippen LogP contribution < -0.4 is 20.1 Å². The number of amides is 1. The van der Waals surface area contributed by atoms with Crippen molar-refractivity contribution in [2.24, 2.45) is 0 Å². The number of carbonyl (C=O) groups excluding carboxylic acids is 1. The Labute approximate surface area is 211 Å². The van der Waals surface area contributed by atoms with Gasteiger partial charge in [-0.15, -0.1) is 0 Å². The zero-order valence-electron chi connectivity index (χ0n) is 20.4. The third kappa shape index (κ3) is 4.08. The molecule has 1 aliphatic heterocycles. The lowest BCUT2D eigenvalue weighted by Crippen LogP contribution is -2.48. The van der Waals surface area contributed by atoms with Crippen LogP contribution in [-0.2, 0) is 4.74 Å². The molecule has 4 heterocycles. The van der Waals surface area contributed by atoms with Crippen molar-refractivity contribution in [3.05, 3.63) is 53.9 Å². The Balaban J connectivity index is 1.31. The van der Waals surface area contributed by atoms with Crippen LogP contribution in [0.25, 0.3) is 33.1 Å². The second-order valence-electron chi connectivity index (χ2n) is 8.71. The van der Waals surface area contributed by atoms with Gasteiger partial charge < -0.3 is 34.4 Å². The van der Waals surface area contributed by atoms with E-state index in [0.29, 0.717) is 53.3 Å². The minimum Gasteiger partial charge on any atom is -0.495 e. The number of hydrogen-bond acceptors (Lipinski definition) is 9. The maximum absolute atomic E-state index is 12.5. The van der Waals surface area contributed by atoms with Crippen LogP contribution in [0, 0.1) is 6.92 Å². The van der Waals surface area contributed by atoms with Gasteiger partial charge in [-0.2, -0.15) is 9.97 Å². The Kier molecular flexibility index (Phi) is 5.61. The largest absolute Gasteiger partial charge is 0.495 e. The van der Waals surface area contributed by atoms with E-state index in [4.69, 9.17) is 18.7 Å². The fraction of sp³-hybridized carbons (Fsp3) is 0.231. The topological polar surface area (TPSA) is 136 Å². The number of H-pyrrole nitrogens is 1. The van der Waals surface area contributed by atoms with Crippen LogP contribution in [-0.4, -0.2) is 59.5 Å². The van der Waals surface area contributed by atoms with Crippen molar-refractivity contribution in [1.82, 2.24) is 25.4 Å². The van der Waals surface area contributed by atoms with Gasteiger partial charge in [0, 0.05) is 22.7 Å². The number of nitrogens with zero attached hydrogens (tertiary/aromatic N) is 3. The number of aromatic amines is 1. The molecule has 0 radical (unpaired) electrons. The molecule has 1 fully saturated rings. The molecule has 0 saturated carbocycles. The molecule has 37 heavy (non-hydrogen) atoms. The standard InChI is InChI=1S/C26H24N6O5/c1-13-17-6-4-14(8-20(17)37-32-13)18-10-27-23-22(18)25(35-3)31-26(30-23)29-19-7-5-15(9-21(19)34-2)24(33)28-16-11-36-12-16/h4-10,16H,11-12H2,1-3H3,(H,28,33)(H2,27,29,30,31). The Morgan fingerprint density at radius 3 is 2.73 bits per heavy atom. The zero-order chi connectivity index (χ0) is 25.5. The molecule has 1 amide bonds. The lowest BCUT2D eigenvalue weighted by molar-refractivity contribution is -0.00346. The molecule has 11 heteroatoms. The summed E-state index contributed by atoms with van der Waals surface area (Å²) in [4.78, 5) is 24.9. The smallest absolute Gasteiger partial charge is 0.251 e. The average Bonchev–Trinajstić information content (AvgIpc) is 3.49. The van der Waals surface area contributed by atoms with Crippen LogP contribution in [0.3, 0.4) is 0 Å². The molecule has 5 aromatic rings. The SMILES string of the molecule is COc1cc(C(=O)NC2COC2)ccc1Nc1nc(OC)c2c(-c3ccc4c(C)noc4c3)c[nH]c2n1. The number of rotatable bonds is 7. The van der Waals surface area contributed by atoms with Crippen molar-refractivity contribution < 1.29 is 23.5 Å². The number of hydrogen-bond donors (Lipinski definition) is 3. The highest BCUT2D eigenvalue weighted by Crippen LogP contribution is 2.37. The van der Waals surface area contributed by atoms with Gasteiger partial charge >= 0.3 is 0 Å². The number of methoxy groups -OCH3 is 2. The molecule has 0 aliphatic carbocycles. The number of aromatic nitrogens is 4. The van der Waals surface area contributed by atoms with Gasteiger partial charge in [0.2, 0.25) is 11.8 Å². The molecule has 0 atom stereocenters. The third-order valence-electron chi connectivity index (χ3n) is 6.34. The minimum absolute atomic E-state index is 0.0383. The predicted molar refractivity (Wildman–Crippen MR) is 137 cm³/mol. The van der Waals surface area contributed by atoms with Crippen molar-refractivity contribution in [3.8, 4) is 22.8 Å². The highest BCUT2D eigenvalue weighted by atomic mass is 16.5. The molecular weight excluding hydrogens is 476 g/mol. The van der Waals surface area contributed by atoms with Gasteiger partial charge in [0.25, 0.3) is 5.91 Å². The minimum atomic E-state index is -0.185. The quantitative estimate of drug-likeness (QED) is 0.303. The van der Waals surface area contributed by atoms with Crippen LogP contribution in [0.2, 0.25) is 0 Å². The summed E-state index contributed by atoms with van der Waals surface area (Å²) in [6, 6.07) is 11.1. The predicted octanol–water partition coefficient (Wildman–Crippen LogP) is 3.96. The number of aryl methyl sites for hydroxylation is 1. The highest BCUT2D eigenvalue weighted by Gasteiger charge is 2.22. The lowest BCUT2D eigenvalue weighted by Gasteiger charge is -2.26. The van der Waals surface area contributed by atoms with Crippen molar-refractivity contribution in [2.45, 2.75) is 13.0 Å². The van der Waals surface area contributed by atoms with Crippen LogP contribution in [0.5, 0.6) is 11.6 Å². The Morgan fingerprint density at radius 2 is 1.97 bits per heavy atom. The number of ether oxygens (including phenoxy) is 3. The molecule has 6 rings (SSSR count). The molecule has 188 valence electrons. The molecule has 11 nitrogen and oxygen atoms in total. The molecule has 0 spiro atoms. The zero-order valence-corrected chi connectivity index (χ0v) is 20.4. The van der Waals surface area contributed by atoms with E-state index in [1.54, 1.807) is 25.3 Å². The first-order chi connectivity index (χ1) is 18.0. The van der Waals surface area contributed by atoms with Crippen molar-refractivity contribution in [3.63, 3.8) is 0 Å². The number of benzene rings is 2. The van der Waals surface area contributed by atoms with E-state index in [1.165, 1.54) is 7.11 Å². The van der Waals surface area contributed by atoms with Gasteiger partial charge in [-0.3, -0.25) is 4.79 Å².